The molecule has 15 heavy (non-hydrogen) atoms. The first-order chi connectivity index (χ1) is 7.22. The van der Waals surface area contributed by atoms with Crippen molar-refractivity contribution in [2.24, 2.45) is 11.7 Å². The van der Waals surface area contributed by atoms with Crippen LogP contribution < -0.4 is 5.73 Å². The van der Waals surface area contributed by atoms with E-state index in [-0.39, 0.29) is 12.5 Å². The van der Waals surface area contributed by atoms with E-state index in [2.05, 4.69) is 23.0 Å². The van der Waals surface area contributed by atoms with Gasteiger partial charge in [-0.2, -0.15) is 0 Å². The average Bonchev–Trinajstić information content (AvgIpc) is 2.25. The summed E-state index contributed by atoms with van der Waals surface area (Å²) in [6.45, 7) is 0.185. The fourth-order valence-corrected chi connectivity index (χ4v) is 1.48. The van der Waals surface area contributed by atoms with Crippen LogP contribution in [0.3, 0.4) is 0 Å². The third kappa shape index (κ3) is 4.44. The van der Waals surface area contributed by atoms with Crippen LogP contribution in [-0.2, 0) is 4.74 Å². The number of carbonyl (C=O) groups excluding carboxylic acids is 1. The van der Waals surface area contributed by atoms with E-state index in [0.29, 0.717) is 0 Å². The normalized spacial score (nSPS) is 16.7. The molecule has 4 nitrogen and oxygen atoms in total. The Kier molecular flexibility index (Phi) is 4.60. The number of carbonyl (C=O) groups is 1. The van der Waals surface area contributed by atoms with Crippen LogP contribution in [0.5, 0.6) is 0 Å². The predicted molar refractivity (Wildman–Crippen MR) is 58.9 cm³/mol. The van der Waals surface area contributed by atoms with Gasteiger partial charge in [0.2, 0.25) is 0 Å². The van der Waals surface area contributed by atoms with Crippen molar-refractivity contribution < 1.29 is 9.53 Å². The zero-order valence-electron chi connectivity index (χ0n) is 8.61. The van der Waals surface area contributed by atoms with Gasteiger partial charge >= 0.3 is 6.09 Å². The molecule has 0 aromatic carbocycles. The lowest BCUT2D eigenvalue weighted by atomic mass is 9.97. The van der Waals surface area contributed by atoms with Gasteiger partial charge in [-0.25, -0.2) is 4.79 Å². The van der Waals surface area contributed by atoms with Crippen molar-refractivity contribution in [3.8, 4) is 0 Å². The van der Waals surface area contributed by atoms with Crippen LogP contribution in [0.25, 0.3) is 0 Å². The average molecular weight is 208 g/mol. The van der Waals surface area contributed by atoms with E-state index in [1.807, 2.05) is 0 Å². The van der Waals surface area contributed by atoms with Gasteiger partial charge in [-0.05, 0) is 19.3 Å². The summed E-state index contributed by atoms with van der Waals surface area (Å²) in [6.07, 6.45) is 9.70. The van der Waals surface area contributed by atoms with Crippen molar-refractivity contribution >= 4 is 12.3 Å². The summed E-state index contributed by atoms with van der Waals surface area (Å²) >= 11 is 0. The second-order valence-corrected chi connectivity index (χ2v) is 3.52. The molecule has 0 radical (unpaired) electrons. The number of hydrogen-bond donors (Lipinski definition) is 2. The minimum absolute atomic E-state index is 0.0773. The van der Waals surface area contributed by atoms with Gasteiger partial charge in [0.25, 0.3) is 0 Å². The Balaban J connectivity index is 2.39. The maximum Gasteiger partial charge on any atom is 0.404 e. The minimum Gasteiger partial charge on any atom is -0.449 e. The summed E-state index contributed by atoms with van der Waals surface area (Å²) in [4.78, 5) is 10.4. The molecule has 0 heterocycles. The fraction of sp³-hybridized carbons (Fsp3) is 0.455. The Morgan fingerprint density at radius 1 is 1.67 bits per heavy atom. The Bertz CT molecular complexity index is 295. The topological polar surface area (TPSA) is 76.2 Å². The molecule has 1 atom stereocenters. The molecule has 0 aromatic heterocycles. The first-order valence-electron chi connectivity index (χ1n) is 5.00. The maximum absolute atomic E-state index is 10.4. The van der Waals surface area contributed by atoms with Gasteiger partial charge in [-0.1, -0.05) is 23.8 Å². The molecule has 4 heteroatoms. The molecule has 0 aliphatic heterocycles. The molecule has 1 aliphatic carbocycles. The van der Waals surface area contributed by atoms with Crippen LogP contribution in [0.1, 0.15) is 19.3 Å². The van der Waals surface area contributed by atoms with Crippen molar-refractivity contribution in [3.05, 3.63) is 23.8 Å². The molecule has 3 N–H and O–H groups in total. The SMILES string of the molecule is N=C[C@H](COC(N)=O)CC1=CCCC=C1. The third-order valence-corrected chi connectivity index (χ3v) is 2.25. The summed E-state index contributed by atoms with van der Waals surface area (Å²) < 4.78 is 4.67. The minimum atomic E-state index is -0.782. The molecule has 1 amide bonds. The Labute approximate surface area is 89.3 Å². The standard InChI is InChI=1S/C11H16N2O2/c12-7-10(8-15-11(13)14)6-9-4-2-1-3-5-9/h2,4-5,7,10,12H,1,3,6,8H2,(H2,13,14)/t10-/m1/s1. The lowest BCUT2D eigenvalue weighted by molar-refractivity contribution is 0.148. The predicted octanol–water partition coefficient (Wildman–Crippen LogP) is 2.01. The Morgan fingerprint density at radius 3 is 3.00 bits per heavy atom. The highest BCUT2D eigenvalue weighted by Crippen LogP contribution is 2.17. The van der Waals surface area contributed by atoms with Gasteiger partial charge in [0, 0.05) is 12.1 Å². The van der Waals surface area contributed by atoms with Gasteiger partial charge in [-0.3, -0.25) is 0 Å². The molecular formula is C11H16N2O2. The van der Waals surface area contributed by atoms with Crippen LogP contribution in [0.15, 0.2) is 23.8 Å². The quantitative estimate of drug-likeness (QED) is 0.678. The number of amides is 1. The van der Waals surface area contributed by atoms with Crippen LogP contribution >= 0.6 is 0 Å². The van der Waals surface area contributed by atoms with Gasteiger partial charge in [-0.15, -0.1) is 0 Å². The number of hydrogen-bond acceptors (Lipinski definition) is 3. The molecule has 0 bridgehead atoms. The highest BCUT2D eigenvalue weighted by molar-refractivity contribution is 5.65. The van der Waals surface area contributed by atoms with Crippen molar-refractivity contribution in [2.45, 2.75) is 19.3 Å². The molecule has 0 spiro atoms. The monoisotopic (exact) mass is 208 g/mol. The molecule has 0 saturated carbocycles. The number of nitrogens with two attached hydrogens (primary N) is 1. The zero-order chi connectivity index (χ0) is 11.1. The van der Waals surface area contributed by atoms with Crippen molar-refractivity contribution in [2.75, 3.05) is 6.61 Å². The Morgan fingerprint density at radius 2 is 2.47 bits per heavy atom. The van der Waals surface area contributed by atoms with Crippen molar-refractivity contribution in [1.29, 1.82) is 5.41 Å². The summed E-state index contributed by atoms with van der Waals surface area (Å²) in [5, 5.41) is 7.21. The summed E-state index contributed by atoms with van der Waals surface area (Å²) in [5.74, 6) is -0.0773. The Hall–Kier alpha value is -1.58. The molecule has 0 aromatic rings. The second kappa shape index (κ2) is 6.01. The van der Waals surface area contributed by atoms with Crippen LogP contribution in [0, 0.1) is 11.3 Å². The number of ether oxygens (including phenoxy) is 1. The van der Waals surface area contributed by atoms with Gasteiger partial charge in [0.1, 0.15) is 6.61 Å². The van der Waals surface area contributed by atoms with Gasteiger partial charge in [0.15, 0.2) is 0 Å². The third-order valence-electron chi connectivity index (χ3n) is 2.25. The number of nitrogens with one attached hydrogen (secondary N) is 1. The van der Waals surface area contributed by atoms with Gasteiger partial charge < -0.3 is 15.9 Å². The van der Waals surface area contributed by atoms with Gasteiger partial charge in [0.05, 0.1) is 0 Å². The first-order valence-corrected chi connectivity index (χ1v) is 5.00. The van der Waals surface area contributed by atoms with E-state index in [4.69, 9.17) is 11.1 Å². The van der Waals surface area contributed by atoms with Crippen LogP contribution in [0.2, 0.25) is 0 Å². The van der Waals surface area contributed by atoms with E-state index in [9.17, 15) is 4.79 Å². The van der Waals surface area contributed by atoms with E-state index in [1.165, 1.54) is 11.8 Å². The first kappa shape index (κ1) is 11.5. The van der Waals surface area contributed by atoms with Crippen LogP contribution in [0.4, 0.5) is 4.79 Å². The zero-order valence-corrected chi connectivity index (χ0v) is 8.61. The molecule has 1 aliphatic rings. The number of rotatable bonds is 5. The lowest BCUT2D eigenvalue weighted by Gasteiger charge is -2.13. The lowest BCUT2D eigenvalue weighted by Crippen LogP contribution is -2.19. The van der Waals surface area contributed by atoms with E-state index in [1.54, 1.807) is 0 Å². The molecular weight excluding hydrogens is 192 g/mol. The number of allylic oxidation sites excluding steroid dienone is 4. The molecule has 1 rings (SSSR count). The highest BCUT2D eigenvalue weighted by Gasteiger charge is 2.10. The maximum atomic E-state index is 10.4. The summed E-state index contributed by atoms with van der Waals surface area (Å²) in [7, 11) is 0. The second-order valence-electron chi connectivity index (χ2n) is 3.52. The molecule has 0 saturated heterocycles. The van der Waals surface area contributed by atoms with Crippen molar-refractivity contribution in [3.63, 3.8) is 0 Å². The molecule has 82 valence electrons. The summed E-state index contributed by atoms with van der Waals surface area (Å²) in [6, 6.07) is 0. The highest BCUT2D eigenvalue weighted by atomic mass is 16.5. The largest absolute Gasteiger partial charge is 0.449 e. The smallest absolute Gasteiger partial charge is 0.404 e. The summed E-state index contributed by atoms with van der Waals surface area (Å²) in [5.41, 5.74) is 6.06. The van der Waals surface area contributed by atoms with E-state index in [0.717, 1.165) is 19.3 Å². The molecule has 0 fully saturated rings. The molecule has 0 unspecified atom stereocenters. The van der Waals surface area contributed by atoms with E-state index >= 15 is 0 Å². The van der Waals surface area contributed by atoms with E-state index < -0.39 is 6.09 Å². The fourth-order valence-electron chi connectivity index (χ4n) is 1.48. The van der Waals surface area contributed by atoms with Crippen LogP contribution in [-0.4, -0.2) is 18.9 Å². The number of primary amides is 1. The van der Waals surface area contributed by atoms with Crippen molar-refractivity contribution in [1.82, 2.24) is 0 Å².